The first-order chi connectivity index (χ1) is 12.1. The second-order valence-corrected chi connectivity index (χ2v) is 6.63. The minimum Gasteiger partial charge on any atom is -0.450 e. The van der Waals surface area contributed by atoms with Gasteiger partial charge >= 0.3 is 17.9 Å². The van der Waals surface area contributed by atoms with E-state index in [1.165, 1.54) is 25.6 Å². The Morgan fingerprint density at radius 2 is 1.58 bits per heavy atom. The number of esters is 3. The number of rotatable bonds is 7. The molecular weight excluding hydrogens is 385 g/mol. The Labute approximate surface area is 157 Å². The summed E-state index contributed by atoms with van der Waals surface area (Å²) >= 11 is 1.18. The van der Waals surface area contributed by atoms with Crippen LogP contribution in [0.4, 0.5) is 0 Å². The molecule has 0 aromatic rings. The molecule has 1 aliphatic heterocycles. The van der Waals surface area contributed by atoms with Gasteiger partial charge in [0.25, 0.3) is 0 Å². The summed E-state index contributed by atoms with van der Waals surface area (Å²) in [6.07, 6.45) is -0.515. The minimum atomic E-state index is -1.13. The Bertz CT molecular complexity index is 605. The summed E-state index contributed by atoms with van der Waals surface area (Å²) in [6, 6.07) is -0.909. The Kier molecular flexibility index (Phi) is 8.69. The lowest BCUT2D eigenvalue weighted by Crippen LogP contribution is -2.52. The lowest BCUT2D eigenvalue weighted by atomic mass is 10.0. The van der Waals surface area contributed by atoms with Crippen molar-refractivity contribution in [1.29, 1.82) is 0 Å². The van der Waals surface area contributed by atoms with Crippen LogP contribution in [0, 0.1) is 0 Å². The molecule has 0 saturated heterocycles. The summed E-state index contributed by atoms with van der Waals surface area (Å²) in [5.41, 5.74) is -0.794. The van der Waals surface area contributed by atoms with Gasteiger partial charge in [0.15, 0.2) is 17.6 Å². The molecule has 0 bridgehead atoms. The molecule has 146 valence electrons. The average molecular weight is 407 g/mol. The SMILES string of the molecule is CS[C@H]1O[C@H]([C@H](NP)C(C)=O)C(OC(C)=O)=C(OC(C)=O)[C@H]1OC(C)=O. The van der Waals surface area contributed by atoms with Gasteiger partial charge in [-0.3, -0.25) is 24.3 Å². The Hall–Kier alpha value is -1.48. The number of carbonyl (C=O) groups is 4. The van der Waals surface area contributed by atoms with Crippen LogP contribution in [0.1, 0.15) is 27.7 Å². The maximum Gasteiger partial charge on any atom is 0.307 e. The zero-order valence-corrected chi connectivity index (χ0v) is 17.0. The topological polar surface area (TPSA) is 117 Å². The summed E-state index contributed by atoms with van der Waals surface area (Å²) in [6.45, 7) is 4.81. The lowest BCUT2D eigenvalue weighted by molar-refractivity contribution is -0.165. The highest BCUT2D eigenvalue weighted by atomic mass is 32.2. The fraction of sp³-hybridized carbons (Fsp3) is 0.600. The van der Waals surface area contributed by atoms with Crippen LogP contribution >= 0.6 is 21.2 Å². The first kappa shape index (κ1) is 22.6. The van der Waals surface area contributed by atoms with Gasteiger partial charge in [0.2, 0.25) is 0 Å². The van der Waals surface area contributed by atoms with E-state index >= 15 is 0 Å². The third-order valence-corrected chi connectivity index (χ3v) is 4.42. The van der Waals surface area contributed by atoms with E-state index < -0.39 is 41.6 Å². The van der Waals surface area contributed by atoms with Gasteiger partial charge in [-0.25, -0.2) is 0 Å². The predicted octanol–water partition coefficient (Wildman–Crippen LogP) is 0.681. The van der Waals surface area contributed by atoms with Gasteiger partial charge in [-0.15, -0.1) is 11.8 Å². The van der Waals surface area contributed by atoms with Crippen molar-refractivity contribution in [1.82, 2.24) is 5.09 Å². The first-order valence-electron chi connectivity index (χ1n) is 7.55. The standard InChI is InChI=1S/C15H22NO8PS/c1-6(17)10(16-25)11-12(21-7(2)18)13(22-8(3)19)14(23-9(4)20)15(24-11)26-5/h10-11,14-16H,25H2,1-5H3/t10-,11-,14-,15-/m1/s1. The monoisotopic (exact) mass is 407 g/mol. The van der Waals surface area contributed by atoms with E-state index in [-0.39, 0.29) is 17.3 Å². The predicted molar refractivity (Wildman–Crippen MR) is 95.6 cm³/mol. The van der Waals surface area contributed by atoms with E-state index in [2.05, 4.69) is 14.5 Å². The summed E-state index contributed by atoms with van der Waals surface area (Å²) in [7, 11) is 2.19. The zero-order valence-electron chi connectivity index (χ0n) is 15.1. The average Bonchev–Trinajstić information content (AvgIpc) is 2.51. The largest absolute Gasteiger partial charge is 0.450 e. The number of ether oxygens (including phenoxy) is 4. The molecule has 0 aromatic heterocycles. The van der Waals surface area contributed by atoms with Gasteiger partial charge in [0.05, 0.1) is 0 Å². The maximum atomic E-state index is 12.0. The van der Waals surface area contributed by atoms with Crippen LogP contribution < -0.4 is 5.09 Å². The van der Waals surface area contributed by atoms with Crippen LogP contribution in [-0.2, 0) is 38.1 Å². The summed E-state index contributed by atoms with van der Waals surface area (Å²) in [5, 5.41) is 2.71. The van der Waals surface area contributed by atoms with Gasteiger partial charge in [0, 0.05) is 20.8 Å². The molecule has 0 amide bonds. The molecule has 0 saturated carbocycles. The molecule has 1 heterocycles. The number of hydrogen-bond donors (Lipinski definition) is 1. The molecule has 1 unspecified atom stereocenters. The second-order valence-electron chi connectivity index (χ2n) is 5.36. The third-order valence-electron chi connectivity index (χ3n) is 3.24. The van der Waals surface area contributed by atoms with E-state index in [4.69, 9.17) is 18.9 Å². The van der Waals surface area contributed by atoms with Crippen LogP contribution in [-0.4, -0.2) is 53.6 Å². The van der Waals surface area contributed by atoms with E-state index in [9.17, 15) is 19.2 Å². The first-order valence-corrected chi connectivity index (χ1v) is 9.41. The fourth-order valence-electron chi connectivity index (χ4n) is 2.32. The summed E-state index contributed by atoms with van der Waals surface area (Å²) < 4.78 is 21.5. The quantitative estimate of drug-likeness (QED) is 0.367. The van der Waals surface area contributed by atoms with Crippen molar-refractivity contribution in [3.8, 4) is 0 Å². The van der Waals surface area contributed by atoms with Crippen molar-refractivity contribution in [2.24, 2.45) is 0 Å². The van der Waals surface area contributed by atoms with Crippen molar-refractivity contribution in [3.63, 3.8) is 0 Å². The number of Topliss-reactive ketones (excluding diaryl/α,β-unsaturated/α-hetero) is 1. The highest BCUT2D eigenvalue weighted by Crippen LogP contribution is 2.36. The van der Waals surface area contributed by atoms with Crippen molar-refractivity contribution >= 4 is 44.8 Å². The van der Waals surface area contributed by atoms with Crippen LogP contribution in [0.15, 0.2) is 11.5 Å². The van der Waals surface area contributed by atoms with Crippen molar-refractivity contribution in [2.45, 2.75) is 51.4 Å². The molecule has 0 fully saturated rings. The number of nitrogens with one attached hydrogen (secondary N) is 1. The van der Waals surface area contributed by atoms with E-state index in [1.54, 1.807) is 6.26 Å². The van der Waals surface area contributed by atoms with Gasteiger partial charge in [-0.2, -0.15) is 0 Å². The molecule has 0 radical (unpaired) electrons. The van der Waals surface area contributed by atoms with Gasteiger partial charge < -0.3 is 18.9 Å². The summed E-state index contributed by atoms with van der Waals surface area (Å²) in [5.74, 6) is -2.74. The second kappa shape index (κ2) is 10.0. The molecule has 0 aromatic carbocycles. The molecule has 5 atom stereocenters. The Morgan fingerprint density at radius 1 is 1.04 bits per heavy atom. The lowest BCUT2D eigenvalue weighted by Gasteiger charge is -2.38. The highest BCUT2D eigenvalue weighted by Gasteiger charge is 2.47. The van der Waals surface area contributed by atoms with Crippen molar-refractivity contribution < 1.29 is 38.1 Å². The van der Waals surface area contributed by atoms with Gasteiger partial charge in [0.1, 0.15) is 23.4 Å². The number of carbonyl (C=O) groups excluding carboxylic acids is 4. The van der Waals surface area contributed by atoms with Crippen LogP contribution in [0.5, 0.6) is 0 Å². The molecule has 1 aliphatic rings. The smallest absolute Gasteiger partial charge is 0.307 e. The normalized spacial score (nSPS) is 23.8. The van der Waals surface area contributed by atoms with Crippen LogP contribution in [0.25, 0.3) is 0 Å². The van der Waals surface area contributed by atoms with Crippen LogP contribution in [0.2, 0.25) is 0 Å². The zero-order chi connectivity index (χ0) is 20.0. The Morgan fingerprint density at radius 3 is 1.96 bits per heavy atom. The van der Waals surface area contributed by atoms with Gasteiger partial charge in [-0.05, 0) is 13.2 Å². The molecule has 1 N–H and O–H groups in total. The third kappa shape index (κ3) is 5.77. The van der Waals surface area contributed by atoms with Crippen molar-refractivity contribution in [3.05, 3.63) is 11.5 Å². The van der Waals surface area contributed by atoms with E-state index in [0.29, 0.717) is 0 Å². The number of ketones is 1. The molecule has 0 spiro atoms. The van der Waals surface area contributed by atoms with Gasteiger partial charge in [-0.1, -0.05) is 9.39 Å². The molecular formula is C15H22NO8PS. The minimum absolute atomic E-state index is 0.176. The summed E-state index contributed by atoms with van der Waals surface area (Å²) in [4.78, 5) is 46.6. The van der Waals surface area contributed by atoms with Crippen molar-refractivity contribution in [2.75, 3.05) is 6.26 Å². The van der Waals surface area contributed by atoms with Crippen LogP contribution in [0.3, 0.4) is 0 Å². The Balaban J connectivity index is 3.58. The molecule has 11 heteroatoms. The molecule has 1 rings (SSSR count). The fourth-order valence-corrected chi connectivity index (χ4v) is 3.39. The molecule has 26 heavy (non-hydrogen) atoms. The molecule has 9 nitrogen and oxygen atoms in total. The number of hydrogen-bond acceptors (Lipinski definition) is 10. The maximum absolute atomic E-state index is 12.0. The highest BCUT2D eigenvalue weighted by molar-refractivity contribution is 7.99. The molecule has 0 aliphatic carbocycles. The van der Waals surface area contributed by atoms with E-state index in [1.807, 2.05) is 0 Å². The van der Waals surface area contributed by atoms with E-state index in [0.717, 1.165) is 13.8 Å². The number of thioether (sulfide) groups is 1.